The second kappa shape index (κ2) is 8.71. The number of aliphatic hydroxyl groups is 1. The number of aliphatic carboxylic acids is 1. The van der Waals surface area contributed by atoms with Crippen molar-refractivity contribution in [3.05, 3.63) is 0 Å². The van der Waals surface area contributed by atoms with Crippen LogP contribution in [0.25, 0.3) is 0 Å². The molecule has 0 aliphatic heterocycles. The Bertz CT molecular complexity index is 298. The van der Waals surface area contributed by atoms with E-state index in [-0.39, 0.29) is 19.7 Å². The summed E-state index contributed by atoms with van der Waals surface area (Å²) in [6.07, 6.45) is 0.417. The third-order valence-electron chi connectivity index (χ3n) is 3.15. The Morgan fingerprint density at radius 3 is 2.42 bits per heavy atom. The first-order valence-corrected chi connectivity index (χ1v) is 6.27. The van der Waals surface area contributed by atoms with E-state index < -0.39 is 17.4 Å². The number of amides is 2. The predicted octanol–water partition coefficient (Wildman–Crippen LogP) is 0.138. The molecule has 0 radical (unpaired) electrons. The van der Waals surface area contributed by atoms with Crippen LogP contribution in [-0.4, -0.2) is 67.1 Å². The van der Waals surface area contributed by atoms with Gasteiger partial charge in [0.25, 0.3) is 0 Å². The molecule has 1 atom stereocenters. The largest absolute Gasteiger partial charge is 0.481 e. The van der Waals surface area contributed by atoms with Gasteiger partial charge in [0.05, 0.1) is 18.6 Å². The quantitative estimate of drug-likeness (QED) is 0.556. The van der Waals surface area contributed by atoms with Gasteiger partial charge in [-0.3, -0.25) is 4.79 Å². The number of aliphatic hydroxyl groups excluding tert-OH is 1. The molecule has 0 rings (SSSR count). The highest BCUT2D eigenvalue weighted by Crippen LogP contribution is 2.19. The highest BCUT2D eigenvalue weighted by molar-refractivity contribution is 5.77. The van der Waals surface area contributed by atoms with Gasteiger partial charge in [-0.15, -0.1) is 0 Å². The van der Waals surface area contributed by atoms with Crippen molar-refractivity contribution in [3.63, 3.8) is 0 Å². The highest BCUT2D eigenvalue weighted by Gasteiger charge is 2.31. The van der Waals surface area contributed by atoms with E-state index in [1.54, 1.807) is 13.8 Å². The summed E-state index contributed by atoms with van der Waals surface area (Å²) in [5, 5.41) is 20.6. The SMILES string of the molecule is CCC(C)(CNC(=O)N(CCO)CCOC)C(=O)O. The van der Waals surface area contributed by atoms with Crippen LogP contribution >= 0.6 is 0 Å². The van der Waals surface area contributed by atoms with Gasteiger partial charge < -0.3 is 25.2 Å². The fourth-order valence-corrected chi connectivity index (χ4v) is 1.37. The lowest BCUT2D eigenvalue weighted by Crippen LogP contribution is -2.48. The van der Waals surface area contributed by atoms with Gasteiger partial charge in [-0.1, -0.05) is 6.92 Å². The van der Waals surface area contributed by atoms with Crippen LogP contribution in [0, 0.1) is 5.41 Å². The second-order valence-electron chi connectivity index (χ2n) is 4.58. The Hall–Kier alpha value is -1.34. The number of methoxy groups -OCH3 is 1. The minimum Gasteiger partial charge on any atom is -0.481 e. The zero-order valence-electron chi connectivity index (χ0n) is 11.8. The number of hydrogen-bond donors (Lipinski definition) is 3. The maximum atomic E-state index is 11.9. The van der Waals surface area contributed by atoms with Gasteiger partial charge in [-0.2, -0.15) is 0 Å². The first-order valence-electron chi connectivity index (χ1n) is 6.27. The van der Waals surface area contributed by atoms with E-state index in [1.807, 2.05) is 0 Å². The average molecular weight is 276 g/mol. The molecule has 19 heavy (non-hydrogen) atoms. The number of carbonyl (C=O) groups excluding carboxylic acids is 1. The number of carbonyl (C=O) groups is 2. The van der Waals surface area contributed by atoms with Gasteiger partial charge in [0, 0.05) is 26.7 Å². The number of carboxylic acid groups (broad SMARTS) is 1. The molecule has 0 saturated carbocycles. The van der Waals surface area contributed by atoms with Crippen molar-refractivity contribution in [1.82, 2.24) is 10.2 Å². The summed E-state index contributed by atoms with van der Waals surface area (Å²) in [6, 6.07) is -0.396. The molecule has 0 aromatic rings. The average Bonchev–Trinajstić information content (AvgIpc) is 2.40. The number of ether oxygens (including phenoxy) is 1. The molecular formula is C12H24N2O5. The molecule has 0 aromatic carbocycles. The smallest absolute Gasteiger partial charge is 0.317 e. The molecule has 0 heterocycles. The summed E-state index contributed by atoms with van der Waals surface area (Å²) in [5.41, 5.74) is -0.984. The third kappa shape index (κ3) is 5.89. The molecule has 0 bridgehead atoms. The molecule has 7 heteroatoms. The Kier molecular flexibility index (Phi) is 8.09. The van der Waals surface area contributed by atoms with Crippen molar-refractivity contribution < 1.29 is 24.5 Å². The lowest BCUT2D eigenvalue weighted by atomic mass is 9.88. The van der Waals surface area contributed by atoms with Gasteiger partial charge in [-0.25, -0.2) is 4.79 Å². The van der Waals surface area contributed by atoms with Gasteiger partial charge >= 0.3 is 12.0 Å². The molecule has 0 aromatic heterocycles. The molecule has 0 spiro atoms. The maximum Gasteiger partial charge on any atom is 0.317 e. The molecule has 0 fully saturated rings. The zero-order valence-corrected chi connectivity index (χ0v) is 11.8. The molecule has 0 saturated heterocycles. The number of carboxylic acids is 1. The van der Waals surface area contributed by atoms with E-state index in [9.17, 15) is 9.59 Å². The minimum atomic E-state index is -0.984. The second-order valence-corrected chi connectivity index (χ2v) is 4.58. The summed E-state index contributed by atoms with van der Waals surface area (Å²) in [6.45, 7) is 4.13. The monoisotopic (exact) mass is 276 g/mol. The molecule has 2 amide bonds. The maximum absolute atomic E-state index is 11.9. The van der Waals surface area contributed by atoms with Crippen LogP contribution in [0.4, 0.5) is 4.79 Å². The van der Waals surface area contributed by atoms with Crippen LogP contribution in [0.1, 0.15) is 20.3 Å². The summed E-state index contributed by atoms with van der Waals surface area (Å²) < 4.78 is 4.88. The Labute approximate surface area is 113 Å². The standard InChI is InChI=1S/C12H24N2O5/c1-4-12(2,10(16)17)9-13-11(18)14(5-7-15)6-8-19-3/h15H,4-9H2,1-3H3,(H,13,18)(H,16,17). The number of hydrogen-bond acceptors (Lipinski definition) is 4. The van der Waals surface area contributed by atoms with Gasteiger partial charge in [0.15, 0.2) is 0 Å². The van der Waals surface area contributed by atoms with Crippen molar-refractivity contribution in [2.24, 2.45) is 5.41 Å². The molecule has 1 unspecified atom stereocenters. The van der Waals surface area contributed by atoms with Crippen molar-refractivity contribution in [3.8, 4) is 0 Å². The molecule has 7 nitrogen and oxygen atoms in total. The summed E-state index contributed by atoms with van der Waals surface area (Å²) in [5.74, 6) is -0.944. The number of urea groups is 1. The first kappa shape index (κ1) is 17.7. The van der Waals surface area contributed by atoms with Crippen LogP contribution in [0.5, 0.6) is 0 Å². The number of rotatable bonds is 9. The molecular weight excluding hydrogens is 252 g/mol. The lowest BCUT2D eigenvalue weighted by Gasteiger charge is -2.27. The third-order valence-corrected chi connectivity index (χ3v) is 3.15. The van der Waals surface area contributed by atoms with Crippen LogP contribution in [0.2, 0.25) is 0 Å². The fraction of sp³-hybridized carbons (Fsp3) is 0.833. The van der Waals surface area contributed by atoms with E-state index in [0.717, 1.165) is 0 Å². The molecule has 3 N–H and O–H groups in total. The summed E-state index contributed by atoms with van der Waals surface area (Å²) in [4.78, 5) is 24.4. The van der Waals surface area contributed by atoms with Crippen molar-refractivity contribution in [2.45, 2.75) is 20.3 Å². The van der Waals surface area contributed by atoms with Crippen LogP contribution in [0.3, 0.4) is 0 Å². The van der Waals surface area contributed by atoms with Crippen molar-refractivity contribution in [1.29, 1.82) is 0 Å². The Morgan fingerprint density at radius 1 is 1.37 bits per heavy atom. The van der Waals surface area contributed by atoms with E-state index >= 15 is 0 Å². The van der Waals surface area contributed by atoms with Crippen molar-refractivity contribution in [2.75, 3.05) is 40.0 Å². The lowest BCUT2D eigenvalue weighted by molar-refractivity contribution is -0.147. The van der Waals surface area contributed by atoms with E-state index in [0.29, 0.717) is 19.6 Å². The van der Waals surface area contributed by atoms with Crippen LogP contribution in [0.15, 0.2) is 0 Å². The molecule has 0 aliphatic rings. The number of nitrogens with one attached hydrogen (secondary N) is 1. The van der Waals surface area contributed by atoms with E-state index in [4.69, 9.17) is 14.9 Å². The number of nitrogens with zero attached hydrogens (tertiary/aromatic N) is 1. The Balaban J connectivity index is 4.42. The predicted molar refractivity (Wildman–Crippen MR) is 70.0 cm³/mol. The summed E-state index contributed by atoms with van der Waals surface area (Å²) >= 11 is 0. The Morgan fingerprint density at radius 2 is 2.00 bits per heavy atom. The topological polar surface area (TPSA) is 99.1 Å². The summed E-state index contributed by atoms with van der Waals surface area (Å²) in [7, 11) is 1.52. The van der Waals surface area contributed by atoms with E-state index in [2.05, 4.69) is 5.32 Å². The van der Waals surface area contributed by atoms with Gasteiger partial charge in [-0.05, 0) is 13.3 Å². The van der Waals surface area contributed by atoms with Crippen LogP contribution in [-0.2, 0) is 9.53 Å². The van der Waals surface area contributed by atoms with Crippen LogP contribution < -0.4 is 5.32 Å². The molecule has 0 aliphatic carbocycles. The van der Waals surface area contributed by atoms with Crippen molar-refractivity contribution >= 4 is 12.0 Å². The fourth-order valence-electron chi connectivity index (χ4n) is 1.37. The molecule has 112 valence electrons. The van der Waals surface area contributed by atoms with E-state index in [1.165, 1.54) is 12.0 Å². The van der Waals surface area contributed by atoms with Gasteiger partial charge in [0.1, 0.15) is 0 Å². The minimum absolute atomic E-state index is 0.0482. The normalized spacial score (nSPS) is 13.7. The first-order chi connectivity index (χ1) is 8.91. The van der Waals surface area contributed by atoms with Gasteiger partial charge in [0.2, 0.25) is 0 Å². The highest BCUT2D eigenvalue weighted by atomic mass is 16.5. The zero-order chi connectivity index (χ0) is 14.9.